The number of benzene rings is 1. The lowest BCUT2D eigenvalue weighted by Gasteiger charge is -2.18. The Hall–Kier alpha value is -1.79. The summed E-state index contributed by atoms with van der Waals surface area (Å²) in [7, 11) is 3.39. The molecular formula is C13H19N3O3. The predicted octanol–water partition coefficient (Wildman–Crippen LogP) is 0.631. The Bertz CT molecular complexity index is 435. The highest BCUT2D eigenvalue weighted by Crippen LogP contribution is 2.23. The zero-order valence-electron chi connectivity index (χ0n) is 11.1. The molecule has 1 aromatic rings. The summed E-state index contributed by atoms with van der Waals surface area (Å²) in [5.41, 5.74) is 7.29. The molecule has 6 heteroatoms. The van der Waals surface area contributed by atoms with Gasteiger partial charge in [0.05, 0.1) is 0 Å². The lowest BCUT2D eigenvalue weighted by Crippen LogP contribution is -2.27. The van der Waals surface area contributed by atoms with Crippen LogP contribution in [0, 0.1) is 0 Å². The van der Waals surface area contributed by atoms with E-state index in [1.54, 1.807) is 14.2 Å². The number of nitrogens with two attached hydrogens (primary N) is 1. The molecule has 19 heavy (non-hydrogen) atoms. The minimum Gasteiger partial charge on any atom is -0.409 e. The first kappa shape index (κ1) is 13.6. The maximum Gasteiger partial charge on any atom is 0.170 e. The van der Waals surface area contributed by atoms with Crippen molar-refractivity contribution in [2.75, 3.05) is 32.2 Å². The summed E-state index contributed by atoms with van der Waals surface area (Å²) >= 11 is 0. The van der Waals surface area contributed by atoms with Gasteiger partial charge >= 0.3 is 0 Å². The number of hydrogen-bond acceptors (Lipinski definition) is 5. The lowest BCUT2D eigenvalue weighted by atomic mass is 10.2. The van der Waals surface area contributed by atoms with Gasteiger partial charge < -0.3 is 25.3 Å². The molecular weight excluding hydrogens is 246 g/mol. The van der Waals surface area contributed by atoms with E-state index in [1.807, 2.05) is 24.3 Å². The molecule has 1 heterocycles. The molecule has 0 aliphatic carbocycles. The second-order valence-electron chi connectivity index (χ2n) is 4.49. The standard InChI is InChI=1S/C13H19N3O3/c1-18-11-7-16(8-12(11)19-2)10-5-3-9(4-6-10)13(14)15-17/h3-6,11-12,17H,7-8H2,1-2H3,(H2,14,15). The van der Waals surface area contributed by atoms with E-state index in [0.717, 1.165) is 18.8 Å². The molecule has 0 amide bonds. The Kier molecular flexibility index (Phi) is 4.24. The second-order valence-corrected chi connectivity index (χ2v) is 4.49. The van der Waals surface area contributed by atoms with Crippen LogP contribution in [0.15, 0.2) is 29.4 Å². The summed E-state index contributed by atoms with van der Waals surface area (Å²) in [5, 5.41) is 11.6. The molecule has 1 aliphatic rings. The number of oxime groups is 1. The van der Waals surface area contributed by atoms with Gasteiger partial charge in [0.1, 0.15) is 12.2 Å². The van der Waals surface area contributed by atoms with Crippen molar-refractivity contribution in [3.8, 4) is 0 Å². The zero-order chi connectivity index (χ0) is 13.8. The van der Waals surface area contributed by atoms with Gasteiger partial charge in [-0.25, -0.2) is 0 Å². The van der Waals surface area contributed by atoms with E-state index in [0.29, 0.717) is 5.56 Å². The molecule has 0 spiro atoms. The van der Waals surface area contributed by atoms with Gasteiger partial charge in [-0.15, -0.1) is 0 Å². The summed E-state index contributed by atoms with van der Waals surface area (Å²) in [4.78, 5) is 2.19. The molecule has 0 radical (unpaired) electrons. The van der Waals surface area contributed by atoms with Crippen molar-refractivity contribution in [2.24, 2.45) is 10.9 Å². The molecule has 2 unspecified atom stereocenters. The Morgan fingerprint density at radius 1 is 1.21 bits per heavy atom. The van der Waals surface area contributed by atoms with Gasteiger partial charge in [-0.3, -0.25) is 0 Å². The molecule has 2 rings (SSSR count). The van der Waals surface area contributed by atoms with E-state index in [2.05, 4.69) is 10.1 Å². The molecule has 1 fully saturated rings. The quantitative estimate of drug-likeness (QED) is 0.361. The van der Waals surface area contributed by atoms with Crippen molar-refractivity contribution >= 4 is 11.5 Å². The molecule has 0 aromatic heterocycles. The fourth-order valence-electron chi connectivity index (χ4n) is 2.31. The summed E-state index contributed by atoms with van der Waals surface area (Å²) in [6.45, 7) is 1.58. The van der Waals surface area contributed by atoms with Crippen LogP contribution >= 0.6 is 0 Å². The SMILES string of the molecule is COC1CN(c2ccc(/C(N)=N/O)cc2)CC1OC. The molecule has 6 nitrogen and oxygen atoms in total. The number of hydrogen-bond donors (Lipinski definition) is 2. The van der Waals surface area contributed by atoms with E-state index >= 15 is 0 Å². The highest BCUT2D eigenvalue weighted by molar-refractivity contribution is 5.97. The van der Waals surface area contributed by atoms with Crippen LogP contribution in [-0.4, -0.2) is 50.6 Å². The zero-order valence-corrected chi connectivity index (χ0v) is 11.1. The first-order valence-electron chi connectivity index (χ1n) is 6.08. The minimum absolute atomic E-state index is 0.0775. The summed E-state index contributed by atoms with van der Waals surface area (Å²) in [6.07, 6.45) is 0.155. The number of methoxy groups -OCH3 is 2. The maximum atomic E-state index is 8.62. The van der Waals surface area contributed by atoms with Gasteiger partial charge in [-0.1, -0.05) is 5.16 Å². The average Bonchev–Trinajstić information content (AvgIpc) is 2.89. The number of rotatable bonds is 4. The molecule has 0 saturated carbocycles. The van der Waals surface area contributed by atoms with Crippen molar-refractivity contribution in [3.05, 3.63) is 29.8 Å². The fraction of sp³-hybridized carbons (Fsp3) is 0.462. The van der Waals surface area contributed by atoms with Crippen molar-refractivity contribution in [1.29, 1.82) is 0 Å². The molecule has 3 N–H and O–H groups in total. The smallest absolute Gasteiger partial charge is 0.170 e. The Labute approximate surface area is 112 Å². The molecule has 2 atom stereocenters. The second kappa shape index (κ2) is 5.90. The number of amidine groups is 1. The third kappa shape index (κ3) is 2.80. The first-order valence-corrected chi connectivity index (χ1v) is 6.08. The van der Waals surface area contributed by atoms with Gasteiger partial charge in [0.2, 0.25) is 0 Å². The Morgan fingerprint density at radius 3 is 2.16 bits per heavy atom. The van der Waals surface area contributed by atoms with Gasteiger partial charge in [-0.2, -0.15) is 0 Å². The summed E-state index contributed by atoms with van der Waals surface area (Å²) in [5.74, 6) is 0.109. The lowest BCUT2D eigenvalue weighted by molar-refractivity contribution is -0.00461. The van der Waals surface area contributed by atoms with Gasteiger partial charge in [0.15, 0.2) is 5.84 Å². The molecule has 1 aromatic carbocycles. The van der Waals surface area contributed by atoms with Gasteiger partial charge in [0, 0.05) is 38.6 Å². The normalized spacial score (nSPS) is 23.9. The van der Waals surface area contributed by atoms with Crippen LogP contribution in [0.3, 0.4) is 0 Å². The van der Waals surface area contributed by atoms with E-state index in [1.165, 1.54) is 0 Å². The van der Waals surface area contributed by atoms with E-state index in [4.69, 9.17) is 20.4 Å². The van der Waals surface area contributed by atoms with Gasteiger partial charge in [0.25, 0.3) is 0 Å². The topological polar surface area (TPSA) is 80.3 Å². The highest BCUT2D eigenvalue weighted by atomic mass is 16.5. The fourth-order valence-corrected chi connectivity index (χ4v) is 2.31. The van der Waals surface area contributed by atoms with Crippen molar-refractivity contribution in [2.45, 2.75) is 12.2 Å². The van der Waals surface area contributed by atoms with Crippen LogP contribution in [0.4, 0.5) is 5.69 Å². The molecule has 1 aliphatic heterocycles. The largest absolute Gasteiger partial charge is 0.409 e. The molecule has 104 valence electrons. The van der Waals surface area contributed by atoms with Crippen LogP contribution in [0.25, 0.3) is 0 Å². The van der Waals surface area contributed by atoms with Crippen LogP contribution in [-0.2, 0) is 9.47 Å². The van der Waals surface area contributed by atoms with Crippen molar-refractivity contribution in [1.82, 2.24) is 0 Å². The first-order chi connectivity index (χ1) is 9.19. The highest BCUT2D eigenvalue weighted by Gasteiger charge is 2.32. The van der Waals surface area contributed by atoms with Crippen LogP contribution < -0.4 is 10.6 Å². The number of nitrogens with zero attached hydrogens (tertiary/aromatic N) is 2. The third-order valence-corrected chi connectivity index (χ3v) is 3.46. The average molecular weight is 265 g/mol. The Morgan fingerprint density at radius 2 is 1.74 bits per heavy atom. The van der Waals surface area contributed by atoms with Crippen LogP contribution in [0.2, 0.25) is 0 Å². The van der Waals surface area contributed by atoms with Crippen LogP contribution in [0.5, 0.6) is 0 Å². The number of anilines is 1. The van der Waals surface area contributed by atoms with E-state index in [9.17, 15) is 0 Å². The van der Waals surface area contributed by atoms with Crippen molar-refractivity contribution in [3.63, 3.8) is 0 Å². The predicted molar refractivity (Wildman–Crippen MR) is 72.8 cm³/mol. The van der Waals surface area contributed by atoms with E-state index < -0.39 is 0 Å². The summed E-state index contributed by atoms with van der Waals surface area (Å²) in [6, 6.07) is 7.54. The maximum absolute atomic E-state index is 8.62. The minimum atomic E-state index is 0.0775. The molecule has 1 saturated heterocycles. The van der Waals surface area contributed by atoms with E-state index in [-0.39, 0.29) is 18.0 Å². The van der Waals surface area contributed by atoms with Gasteiger partial charge in [-0.05, 0) is 24.3 Å². The molecule has 0 bridgehead atoms. The Balaban J connectivity index is 2.11. The van der Waals surface area contributed by atoms with Crippen molar-refractivity contribution < 1.29 is 14.7 Å². The number of ether oxygens (including phenoxy) is 2. The monoisotopic (exact) mass is 265 g/mol. The van der Waals surface area contributed by atoms with Crippen LogP contribution in [0.1, 0.15) is 5.56 Å². The summed E-state index contributed by atoms with van der Waals surface area (Å²) < 4.78 is 10.8. The third-order valence-electron chi connectivity index (χ3n) is 3.46.